The molecule has 1 aromatic heterocycles. The van der Waals surface area contributed by atoms with Crippen molar-refractivity contribution in [1.29, 1.82) is 0 Å². The summed E-state index contributed by atoms with van der Waals surface area (Å²) in [5.74, 6) is 2.16. The van der Waals surface area contributed by atoms with Gasteiger partial charge in [0.25, 0.3) is 0 Å². The molecule has 0 aromatic carbocycles. The van der Waals surface area contributed by atoms with E-state index in [1.807, 2.05) is 11.8 Å². The SMILES string of the molecule is O=Cc1nn(C2CCCC2)c2c1CCSC2. The Morgan fingerprint density at radius 1 is 1.38 bits per heavy atom. The summed E-state index contributed by atoms with van der Waals surface area (Å²) >= 11 is 1.96. The highest BCUT2D eigenvalue weighted by molar-refractivity contribution is 7.98. The highest BCUT2D eigenvalue weighted by Gasteiger charge is 2.26. The topological polar surface area (TPSA) is 34.9 Å². The molecule has 1 saturated carbocycles. The molecule has 0 radical (unpaired) electrons. The Labute approximate surface area is 99.6 Å². The average molecular weight is 236 g/mol. The first-order valence-electron chi connectivity index (χ1n) is 6.03. The van der Waals surface area contributed by atoms with Gasteiger partial charge in [0.2, 0.25) is 0 Å². The van der Waals surface area contributed by atoms with Gasteiger partial charge in [-0.05, 0) is 25.0 Å². The first kappa shape index (κ1) is 10.4. The zero-order valence-corrected chi connectivity index (χ0v) is 10.1. The third kappa shape index (κ3) is 1.59. The van der Waals surface area contributed by atoms with Gasteiger partial charge in [0.1, 0.15) is 5.69 Å². The van der Waals surface area contributed by atoms with Crippen LogP contribution < -0.4 is 0 Å². The first-order valence-corrected chi connectivity index (χ1v) is 7.19. The number of carbonyl (C=O) groups is 1. The molecule has 3 nitrogen and oxygen atoms in total. The Balaban J connectivity index is 2.03. The third-order valence-corrected chi connectivity index (χ3v) is 4.64. The minimum absolute atomic E-state index is 0.557. The van der Waals surface area contributed by atoms with Gasteiger partial charge < -0.3 is 0 Å². The van der Waals surface area contributed by atoms with E-state index in [9.17, 15) is 4.79 Å². The Kier molecular flexibility index (Phi) is 2.75. The number of hydrogen-bond donors (Lipinski definition) is 0. The lowest BCUT2D eigenvalue weighted by Crippen LogP contribution is -2.12. The molecular weight excluding hydrogens is 220 g/mol. The van der Waals surface area contributed by atoms with Crippen LogP contribution in [0.15, 0.2) is 0 Å². The van der Waals surface area contributed by atoms with E-state index in [1.165, 1.54) is 36.9 Å². The number of aldehydes is 1. The van der Waals surface area contributed by atoms with Crippen LogP contribution in [0.5, 0.6) is 0 Å². The van der Waals surface area contributed by atoms with E-state index in [-0.39, 0.29) is 0 Å². The van der Waals surface area contributed by atoms with Crippen LogP contribution in [0.2, 0.25) is 0 Å². The molecule has 0 N–H and O–H groups in total. The van der Waals surface area contributed by atoms with Gasteiger partial charge in [-0.2, -0.15) is 16.9 Å². The zero-order chi connectivity index (χ0) is 11.0. The van der Waals surface area contributed by atoms with Crippen molar-refractivity contribution in [2.45, 2.75) is 43.9 Å². The van der Waals surface area contributed by atoms with Crippen LogP contribution in [0.25, 0.3) is 0 Å². The quantitative estimate of drug-likeness (QED) is 0.740. The monoisotopic (exact) mass is 236 g/mol. The van der Waals surface area contributed by atoms with Gasteiger partial charge in [-0.3, -0.25) is 9.48 Å². The summed E-state index contributed by atoms with van der Waals surface area (Å²) in [6, 6.07) is 0.557. The second-order valence-electron chi connectivity index (χ2n) is 4.61. The molecule has 0 amide bonds. The maximum Gasteiger partial charge on any atom is 0.170 e. The number of nitrogens with zero attached hydrogens (tertiary/aromatic N) is 2. The first-order chi connectivity index (χ1) is 7.90. The van der Waals surface area contributed by atoms with Crippen molar-refractivity contribution in [3.05, 3.63) is 17.0 Å². The van der Waals surface area contributed by atoms with E-state index >= 15 is 0 Å². The number of carbonyl (C=O) groups excluding carboxylic acids is 1. The normalized spacial score (nSPS) is 21.0. The number of hydrogen-bond acceptors (Lipinski definition) is 3. The summed E-state index contributed by atoms with van der Waals surface area (Å²) in [4.78, 5) is 11.0. The summed E-state index contributed by atoms with van der Waals surface area (Å²) in [6.45, 7) is 0. The third-order valence-electron chi connectivity index (χ3n) is 3.67. The molecule has 1 aliphatic heterocycles. The van der Waals surface area contributed by atoms with Gasteiger partial charge in [-0.25, -0.2) is 0 Å². The summed E-state index contributed by atoms with van der Waals surface area (Å²) < 4.78 is 2.16. The van der Waals surface area contributed by atoms with Crippen molar-refractivity contribution in [3.63, 3.8) is 0 Å². The smallest absolute Gasteiger partial charge is 0.170 e. The van der Waals surface area contributed by atoms with E-state index in [0.717, 1.165) is 24.2 Å². The van der Waals surface area contributed by atoms with Crippen LogP contribution in [0.1, 0.15) is 53.5 Å². The molecule has 1 aliphatic carbocycles. The van der Waals surface area contributed by atoms with Gasteiger partial charge in [0.15, 0.2) is 6.29 Å². The average Bonchev–Trinajstić information content (AvgIpc) is 2.95. The van der Waals surface area contributed by atoms with Crippen molar-refractivity contribution >= 4 is 18.0 Å². The predicted octanol–water partition coefficient (Wildman–Crippen LogP) is 2.60. The highest BCUT2D eigenvalue weighted by atomic mass is 32.2. The van der Waals surface area contributed by atoms with Gasteiger partial charge in [0.05, 0.1) is 11.7 Å². The van der Waals surface area contributed by atoms with E-state index < -0.39 is 0 Å². The van der Waals surface area contributed by atoms with Crippen LogP contribution in [0.4, 0.5) is 0 Å². The Hall–Kier alpha value is -0.770. The van der Waals surface area contributed by atoms with Crippen molar-refractivity contribution in [2.75, 3.05) is 5.75 Å². The fourth-order valence-corrected chi connectivity index (χ4v) is 3.83. The van der Waals surface area contributed by atoms with Crippen molar-refractivity contribution < 1.29 is 4.79 Å². The lowest BCUT2D eigenvalue weighted by molar-refractivity contribution is 0.111. The van der Waals surface area contributed by atoms with Crippen LogP contribution in [0.3, 0.4) is 0 Å². The Morgan fingerprint density at radius 3 is 2.94 bits per heavy atom. The van der Waals surface area contributed by atoms with Crippen LogP contribution >= 0.6 is 11.8 Å². The molecule has 0 bridgehead atoms. The lowest BCUT2D eigenvalue weighted by atomic mass is 10.1. The summed E-state index contributed by atoms with van der Waals surface area (Å²) in [5.41, 5.74) is 3.24. The molecule has 0 saturated heterocycles. The summed E-state index contributed by atoms with van der Waals surface area (Å²) in [7, 11) is 0. The van der Waals surface area contributed by atoms with Gasteiger partial charge in [-0.15, -0.1) is 0 Å². The van der Waals surface area contributed by atoms with Crippen LogP contribution in [-0.2, 0) is 12.2 Å². The number of rotatable bonds is 2. The second kappa shape index (κ2) is 4.24. The maximum absolute atomic E-state index is 11.0. The minimum atomic E-state index is 0.557. The number of thioether (sulfide) groups is 1. The Morgan fingerprint density at radius 2 is 2.19 bits per heavy atom. The largest absolute Gasteiger partial charge is 0.296 e. The lowest BCUT2D eigenvalue weighted by Gasteiger charge is -2.17. The maximum atomic E-state index is 11.0. The van der Waals surface area contributed by atoms with Crippen molar-refractivity contribution in [2.24, 2.45) is 0 Å². The number of aromatic nitrogens is 2. The predicted molar refractivity (Wildman–Crippen MR) is 65.0 cm³/mol. The molecule has 1 aromatic rings. The van der Waals surface area contributed by atoms with Gasteiger partial charge in [-0.1, -0.05) is 12.8 Å². The molecular formula is C12H16N2OS. The molecule has 2 heterocycles. The molecule has 0 atom stereocenters. The highest BCUT2D eigenvalue weighted by Crippen LogP contribution is 2.34. The van der Waals surface area contributed by atoms with Crippen molar-refractivity contribution in [3.8, 4) is 0 Å². The number of fused-ring (bicyclic) bond motifs is 1. The minimum Gasteiger partial charge on any atom is -0.296 e. The van der Waals surface area contributed by atoms with Crippen LogP contribution in [0, 0.1) is 0 Å². The molecule has 0 spiro atoms. The van der Waals surface area contributed by atoms with E-state index in [1.54, 1.807) is 0 Å². The van der Waals surface area contributed by atoms with Crippen molar-refractivity contribution in [1.82, 2.24) is 9.78 Å². The van der Waals surface area contributed by atoms with Gasteiger partial charge in [0, 0.05) is 11.3 Å². The van der Waals surface area contributed by atoms with E-state index in [0.29, 0.717) is 11.7 Å². The second-order valence-corrected chi connectivity index (χ2v) is 5.72. The molecule has 1 fully saturated rings. The summed E-state index contributed by atoms with van der Waals surface area (Å²) in [6.07, 6.45) is 7.03. The van der Waals surface area contributed by atoms with E-state index in [2.05, 4.69) is 9.78 Å². The molecule has 3 rings (SSSR count). The van der Waals surface area contributed by atoms with E-state index in [4.69, 9.17) is 0 Å². The van der Waals surface area contributed by atoms with Gasteiger partial charge >= 0.3 is 0 Å². The fraction of sp³-hybridized carbons (Fsp3) is 0.667. The molecule has 4 heteroatoms. The zero-order valence-electron chi connectivity index (χ0n) is 9.32. The fourth-order valence-electron chi connectivity index (χ4n) is 2.84. The molecule has 86 valence electrons. The standard InChI is InChI=1S/C12H16N2OS/c15-7-11-10-5-6-16-8-12(10)14(13-11)9-3-1-2-4-9/h7,9H,1-6,8H2. The Bertz CT molecular complexity index is 407. The molecule has 2 aliphatic rings. The van der Waals surface area contributed by atoms with Crippen LogP contribution in [-0.4, -0.2) is 21.8 Å². The molecule has 0 unspecified atom stereocenters. The summed E-state index contributed by atoms with van der Waals surface area (Å²) in [5, 5.41) is 4.53. The molecule has 16 heavy (non-hydrogen) atoms.